The van der Waals surface area contributed by atoms with Gasteiger partial charge in [0.1, 0.15) is 5.58 Å². The maximum absolute atomic E-state index is 8.88. The van der Waals surface area contributed by atoms with Crippen molar-refractivity contribution in [3.8, 4) is 0 Å². The first-order valence-corrected chi connectivity index (χ1v) is 4.81. The van der Waals surface area contributed by atoms with Gasteiger partial charge in [0.15, 0.2) is 0 Å². The molecule has 0 fully saturated rings. The summed E-state index contributed by atoms with van der Waals surface area (Å²) in [6.45, 7) is 4.30. The third-order valence-electron chi connectivity index (χ3n) is 2.72. The van der Waals surface area contributed by atoms with Crippen molar-refractivity contribution in [3.05, 3.63) is 35.1 Å². The first-order valence-electron chi connectivity index (χ1n) is 4.81. The van der Waals surface area contributed by atoms with E-state index < -0.39 is 0 Å². The number of aliphatic hydroxyl groups excluding tert-OH is 1. The number of hydrogen-bond acceptors (Lipinski definition) is 2. The van der Waals surface area contributed by atoms with Crippen LogP contribution in [0.3, 0.4) is 0 Å². The lowest BCUT2D eigenvalue weighted by molar-refractivity contribution is 0.299. The van der Waals surface area contributed by atoms with Crippen LogP contribution in [0.25, 0.3) is 11.0 Å². The van der Waals surface area contributed by atoms with Crippen molar-refractivity contribution in [3.63, 3.8) is 0 Å². The molecule has 1 heterocycles. The van der Waals surface area contributed by atoms with Gasteiger partial charge in [0.25, 0.3) is 0 Å². The second kappa shape index (κ2) is 3.46. The summed E-state index contributed by atoms with van der Waals surface area (Å²) in [5.74, 6) is 0. The van der Waals surface area contributed by atoms with E-state index in [1.165, 1.54) is 11.1 Å². The summed E-state index contributed by atoms with van der Waals surface area (Å²) in [4.78, 5) is 0. The Morgan fingerprint density at radius 3 is 2.79 bits per heavy atom. The van der Waals surface area contributed by atoms with Crippen molar-refractivity contribution in [1.29, 1.82) is 0 Å². The molecule has 74 valence electrons. The van der Waals surface area contributed by atoms with Gasteiger partial charge in [-0.05, 0) is 31.4 Å². The van der Waals surface area contributed by atoms with E-state index in [1.807, 2.05) is 0 Å². The Morgan fingerprint density at radius 1 is 1.29 bits per heavy atom. The molecular formula is C12H14O2. The molecule has 0 atom stereocenters. The van der Waals surface area contributed by atoms with Gasteiger partial charge in [0.2, 0.25) is 0 Å². The summed E-state index contributed by atoms with van der Waals surface area (Å²) in [5, 5.41) is 10.0. The molecule has 2 heteroatoms. The van der Waals surface area contributed by atoms with Crippen LogP contribution in [0.2, 0.25) is 0 Å². The molecule has 0 aliphatic carbocycles. The predicted molar refractivity (Wildman–Crippen MR) is 56.5 cm³/mol. The number of fused-ring (bicyclic) bond motifs is 1. The zero-order chi connectivity index (χ0) is 10.1. The maximum atomic E-state index is 8.88. The average Bonchev–Trinajstić information content (AvgIpc) is 2.57. The highest BCUT2D eigenvalue weighted by molar-refractivity contribution is 5.84. The smallest absolute Gasteiger partial charge is 0.137 e. The van der Waals surface area contributed by atoms with Crippen LogP contribution in [0.5, 0.6) is 0 Å². The number of rotatable bonds is 2. The summed E-state index contributed by atoms with van der Waals surface area (Å²) in [5.41, 5.74) is 4.47. The lowest BCUT2D eigenvalue weighted by atomic mass is 10.0. The van der Waals surface area contributed by atoms with Crippen LogP contribution in [0.1, 0.15) is 16.7 Å². The minimum absolute atomic E-state index is 0.168. The lowest BCUT2D eigenvalue weighted by Crippen LogP contribution is -1.88. The monoisotopic (exact) mass is 190 g/mol. The summed E-state index contributed by atoms with van der Waals surface area (Å²) in [6.07, 6.45) is 2.41. The van der Waals surface area contributed by atoms with E-state index in [1.54, 1.807) is 6.26 Å². The van der Waals surface area contributed by atoms with E-state index in [4.69, 9.17) is 9.52 Å². The van der Waals surface area contributed by atoms with Crippen LogP contribution in [0, 0.1) is 13.8 Å². The normalized spacial score (nSPS) is 11.1. The molecule has 0 spiro atoms. The Balaban J connectivity index is 2.64. The molecule has 14 heavy (non-hydrogen) atoms. The molecule has 1 N–H and O–H groups in total. The topological polar surface area (TPSA) is 33.4 Å². The van der Waals surface area contributed by atoms with Gasteiger partial charge < -0.3 is 9.52 Å². The van der Waals surface area contributed by atoms with E-state index in [-0.39, 0.29) is 6.61 Å². The third kappa shape index (κ3) is 1.32. The zero-order valence-corrected chi connectivity index (χ0v) is 8.50. The van der Waals surface area contributed by atoms with Crippen LogP contribution in [-0.4, -0.2) is 11.7 Å². The van der Waals surface area contributed by atoms with E-state index in [9.17, 15) is 0 Å². The molecule has 0 aliphatic rings. The fourth-order valence-corrected chi connectivity index (χ4v) is 1.70. The zero-order valence-electron chi connectivity index (χ0n) is 8.50. The standard InChI is InChI=1S/C12H14O2/c1-8-3-4-11-10(5-6-13)7-14-12(11)9(8)2/h3-4,7,13H,5-6H2,1-2H3. The van der Waals surface area contributed by atoms with Crippen LogP contribution < -0.4 is 0 Å². The lowest BCUT2D eigenvalue weighted by Gasteiger charge is -2.00. The van der Waals surface area contributed by atoms with Crippen LogP contribution in [0.4, 0.5) is 0 Å². The summed E-state index contributed by atoms with van der Waals surface area (Å²) >= 11 is 0. The van der Waals surface area contributed by atoms with E-state index in [0.29, 0.717) is 6.42 Å². The average molecular weight is 190 g/mol. The molecule has 2 aromatic rings. The second-order valence-electron chi connectivity index (χ2n) is 3.62. The van der Waals surface area contributed by atoms with Crippen molar-refractivity contribution in [2.24, 2.45) is 0 Å². The fourth-order valence-electron chi connectivity index (χ4n) is 1.70. The highest BCUT2D eigenvalue weighted by Gasteiger charge is 2.08. The molecule has 0 saturated carbocycles. The van der Waals surface area contributed by atoms with Gasteiger partial charge in [-0.25, -0.2) is 0 Å². The maximum Gasteiger partial charge on any atom is 0.137 e. The van der Waals surface area contributed by atoms with Crippen molar-refractivity contribution in [1.82, 2.24) is 0 Å². The first-order chi connectivity index (χ1) is 6.74. The van der Waals surface area contributed by atoms with Crippen molar-refractivity contribution in [2.75, 3.05) is 6.61 Å². The van der Waals surface area contributed by atoms with Gasteiger partial charge in [-0.2, -0.15) is 0 Å². The molecule has 1 aromatic heterocycles. The van der Waals surface area contributed by atoms with E-state index in [0.717, 1.165) is 16.5 Å². The molecule has 0 bridgehead atoms. The van der Waals surface area contributed by atoms with Gasteiger partial charge >= 0.3 is 0 Å². The Labute approximate surface area is 83.2 Å². The van der Waals surface area contributed by atoms with Gasteiger partial charge in [-0.1, -0.05) is 12.1 Å². The SMILES string of the molecule is Cc1ccc2c(CCO)coc2c1C. The molecule has 2 nitrogen and oxygen atoms in total. The molecule has 0 amide bonds. The minimum atomic E-state index is 0.168. The van der Waals surface area contributed by atoms with Gasteiger partial charge in [0, 0.05) is 17.6 Å². The van der Waals surface area contributed by atoms with Gasteiger partial charge in [0.05, 0.1) is 6.26 Å². The largest absolute Gasteiger partial charge is 0.464 e. The molecule has 1 aromatic carbocycles. The van der Waals surface area contributed by atoms with Crippen molar-refractivity contribution in [2.45, 2.75) is 20.3 Å². The Morgan fingerprint density at radius 2 is 2.07 bits per heavy atom. The quantitative estimate of drug-likeness (QED) is 0.789. The molecule has 0 saturated heterocycles. The molecular weight excluding hydrogens is 176 g/mol. The third-order valence-corrected chi connectivity index (χ3v) is 2.72. The number of aryl methyl sites for hydroxylation is 2. The van der Waals surface area contributed by atoms with E-state index in [2.05, 4.69) is 26.0 Å². The van der Waals surface area contributed by atoms with Crippen molar-refractivity contribution >= 4 is 11.0 Å². The number of hydrogen-bond donors (Lipinski definition) is 1. The molecule has 0 radical (unpaired) electrons. The number of aliphatic hydroxyl groups is 1. The first kappa shape index (κ1) is 9.28. The molecule has 2 rings (SSSR count). The summed E-state index contributed by atoms with van der Waals surface area (Å²) < 4.78 is 5.50. The highest BCUT2D eigenvalue weighted by atomic mass is 16.3. The number of furan rings is 1. The van der Waals surface area contributed by atoms with Gasteiger partial charge in [-0.3, -0.25) is 0 Å². The Hall–Kier alpha value is -1.28. The second-order valence-corrected chi connectivity index (χ2v) is 3.62. The summed E-state index contributed by atoms with van der Waals surface area (Å²) in [7, 11) is 0. The minimum Gasteiger partial charge on any atom is -0.464 e. The number of benzene rings is 1. The van der Waals surface area contributed by atoms with Crippen molar-refractivity contribution < 1.29 is 9.52 Å². The fraction of sp³-hybridized carbons (Fsp3) is 0.333. The predicted octanol–water partition coefficient (Wildman–Crippen LogP) is 2.58. The van der Waals surface area contributed by atoms with Gasteiger partial charge in [-0.15, -0.1) is 0 Å². The highest BCUT2D eigenvalue weighted by Crippen LogP contribution is 2.26. The molecule has 0 unspecified atom stereocenters. The van der Waals surface area contributed by atoms with Crippen LogP contribution >= 0.6 is 0 Å². The Kier molecular flexibility index (Phi) is 2.30. The van der Waals surface area contributed by atoms with Crippen LogP contribution in [-0.2, 0) is 6.42 Å². The Bertz CT molecular complexity index is 455. The summed E-state index contributed by atoms with van der Waals surface area (Å²) in [6, 6.07) is 4.15. The van der Waals surface area contributed by atoms with E-state index >= 15 is 0 Å². The van der Waals surface area contributed by atoms with Crippen LogP contribution in [0.15, 0.2) is 22.8 Å². The molecule has 0 aliphatic heterocycles.